The van der Waals surface area contributed by atoms with Gasteiger partial charge in [-0.3, -0.25) is 0 Å². The van der Waals surface area contributed by atoms with E-state index in [0.717, 1.165) is 33.4 Å². The van der Waals surface area contributed by atoms with Crippen LogP contribution in [0.15, 0.2) is 309 Å². The number of benzene rings is 15. The van der Waals surface area contributed by atoms with Gasteiger partial charge < -0.3 is 0 Å². The van der Waals surface area contributed by atoms with Gasteiger partial charge in [0.1, 0.15) is 0 Å². The molecule has 16 aromatic rings. The van der Waals surface area contributed by atoms with E-state index in [9.17, 15) is 0 Å². The third-order valence-electron chi connectivity index (χ3n) is 16.9. The summed E-state index contributed by atoms with van der Waals surface area (Å²) in [6.45, 7) is 0. The highest BCUT2D eigenvalue weighted by atomic mass is 15.0. The fourth-order valence-electron chi connectivity index (χ4n) is 13.2. The molecule has 0 spiro atoms. The molecule has 0 amide bonds. The Morgan fingerprint density at radius 1 is 0.119 bits per heavy atom. The van der Waals surface area contributed by atoms with Crippen LogP contribution in [-0.4, -0.2) is 15.0 Å². The Bertz CT molecular complexity index is 4490. The predicted molar refractivity (Wildman–Crippen MR) is 354 cm³/mol. The Balaban J connectivity index is 0.839. The van der Waals surface area contributed by atoms with Gasteiger partial charge in [0.15, 0.2) is 17.5 Å². The van der Waals surface area contributed by atoms with Crippen LogP contribution < -0.4 is 0 Å². The van der Waals surface area contributed by atoms with Crippen molar-refractivity contribution in [3.05, 3.63) is 309 Å². The molecule has 0 fully saturated rings. The number of hydrogen-bond acceptors (Lipinski definition) is 3. The maximum Gasteiger partial charge on any atom is 0.164 e. The van der Waals surface area contributed by atoms with E-state index in [1.165, 1.54) is 115 Å². The summed E-state index contributed by atoms with van der Waals surface area (Å²) in [7, 11) is 0. The average molecular weight is 1070 g/mol. The average Bonchev–Trinajstić information content (AvgIpc) is 1.76. The number of rotatable bonds is 9. The fourth-order valence-corrected chi connectivity index (χ4v) is 13.2. The third-order valence-corrected chi connectivity index (χ3v) is 16.9. The van der Waals surface area contributed by atoms with Gasteiger partial charge in [0.25, 0.3) is 0 Å². The molecule has 1 heterocycles. The van der Waals surface area contributed by atoms with Gasteiger partial charge in [-0.1, -0.05) is 309 Å². The van der Waals surface area contributed by atoms with E-state index in [1.807, 2.05) is 0 Å². The van der Waals surface area contributed by atoms with Crippen LogP contribution in [0.25, 0.3) is 166 Å². The minimum atomic E-state index is 0.603. The van der Waals surface area contributed by atoms with E-state index in [2.05, 4.69) is 309 Å². The van der Waals surface area contributed by atoms with Crippen LogP contribution in [0.1, 0.15) is 0 Å². The van der Waals surface area contributed by atoms with Gasteiger partial charge in [-0.15, -0.1) is 0 Å². The minimum Gasteiger partial charge on any atom is -0.208 e. The summed E-state index contributed by atoms with van der Waals surface area (Å²) < 4.78 is 0. The van der Waals surface area contributed by atoms with Crippen LogP contribution in [0.2, 0.25) is 0 Å². The Morgan fingerprint density at radius 3 is 0.417 bits per heavy atom. The SMILES string of the molecule is c1ccc(-c2c3ccccc3c(-c3ccc(-c4nc(-c5ccc(-c6c7ccccc7c(-c7ccccc7)c7ccccc67)cc5)nc(-c5ccc(-c6c7ccccc7c(-c7ccccc7)c7ccccc67)cc5)n4)cc3)c3ccccc23)cc1. The quantitative estimate of drug-likeness (QED) is 0.135. The molecule has 0 saturated carbocycles. The number of hydrogen-bond donors (Lipinski definition) is 0. The lowest BCUT2D eigenvalue weighted by molar-refractivity contribution is 1.07. The second kappa shape index (κ2) is 20.4. The standard InChI is InChI=1S/C81H51N3/c1-4-22-52(23-5-1)73-61-28-10-16-34-67(61)76(68-35-17-11-29-62(68)73)55-40-46-58(47-41-55)79-82-80(59-48-42-56(43-49-59)77-69-36-18-12-30-63(69)74(53-24-6-2-7-25-53)64-31-13-19-37-70(64)77)84-81(83-79)60-50-44-57(45-51-60)78-71-38-20-14-32-65(71)75(54-26-8-3-9-27-54)66-33-15-21-39-72(66)78/h1-51H. The summed E-state index contributed by atoms with van der Waals surface area (Å²) in [5, 5.41) is 14.6. The molecule has 0 atom stereocenters. The van der Waals surface area contributed by atoms with Gasteiger partial charge in [0.05, 0.1) is 0 Å². The smallest absolute Gasteiger partial charge is 0.164 e. The monoisotopic (exact) mass is 1070 g/mol. The number of aromatic nitrogens is 3. The molecular weight excluding hydrogens is 1010 g/mol. The Labute approximate surface area is 487 Å². The summed E-state index contributed by atoms with van der Waals surface area (Å²) in [4.78, 5) is 16.0. The maximum absolute atomic E-state index is 5.34. The van der Waals surface area contributed by atoms with E-state index < -0.39 is 0 Å². The van der Waals surface area contributed by atoms with Crippen LogP contribution in [0.5, 0.6) is 0 Å². The van der Waals surface area contributed by atoms with Gasteiger partial charge in [0, 0.05) is 16.7 Å². The highest BCUT2D eigenvalue weighted by Crippen LogP contribution is 2.47. The molecule has 0 bridgehead atoms. The second-order valence-electron chi connectivity index (χ2n) is 21.7. The van der Waals surface area contributed by atoms with Gasteiger partial charge in [-0.05, 0) is 131 Å². The molecule has 390 valence electrons. The highest BCUT2D eigenvalue weighted by molar-refractivity contribution is 6.24. The summed E-state index contributed by atoms with van der Waals surface area (Å²) in [5.74, 6) is 1.81. The molecule has 0 unspecified atom stereocenters. The van der Waals surface area contributed by atoms with Gasteiger partial charge >= 0.3 is 0 Å². The van der Waals surface area contributed by atoms with Gasteiger partial charge in [-0.2, -0.15) is 0 Å². The lowest BCUT2D eigenvalue weighted by atomic mass is 9.86. The molecular formula is C81H51N3. The van der Waals surface area contributed by atoms with E-state index in [4.69, 9.17) is 15.0 Å². The van der Waals surface area contributed by atoms with Crippen molar-refractivity contribution in [3.63, 3.8) is 0 Å². The van der Waals surface area contributed by atoms with Crippen molar-refractivity contribution < 1.29 is 0 Å². The van der Waals surface area contributed by atoms with Crippen molar-refractivity contribution >= 4 is 64.6 Å². The second-order valence-corrected chi connectivity index (χ2v) is 21.7. The lowest BCUT2D eigenvalue weighted by Gasteiger charge is -2.18. The molecule has 0 radical (unpaired) electrons. The molecule has 16 rings (SSSR count). The Kier molecular flexibility index (Phi) is 11.9. The summed E-state index contributed by atoms with van der Waals surface area (Å²) in [6.07, 6.45) is 0. The van der Waals surface area contributed by atoms with E-state index >= 15 is 0 Å². The predicted octanol–water partition coefficient (Wildman–Crippen LogP) is 21.8. The molecule has 84 heavy (non-hydrogen) atoms. The Hall–Kier alpha value is -11.1. The van der Waals surface area contributed by atoms with Crippen molar-refractivity contribution in [1.82, 2.24) is 15.0 Å². The van der Waals surface area contributed by atoms with Gasteiger partial charge in [0.2, 0.25) is 0 Å². The Morgan fingerprint density at radius 2 is 0.250 bits per heavy atom. The zero-order valence-corrected chi connectivity index (χ0v) is 45.8. The highest BCUT2D eigenvalue weighted by Gasteiger charge is 2.22. The molecule has 0 N–H and O–H groups in total. The van der Waals surface area contributed by atoms with Crippen LogP contribution in [0.4, 0.5) is 0 Å². The van der Waals surface area contributed by atoms with Crippen LogP contribution in [0, 0.1) is 0 Å². The zero-order valence-electron chi connectivity index (χ0n) is 45.8. The summed E-state index contributed by atoms with van der Waals surface area (Å²) in [6, 6.07) is 112. The van der Waals surface area contributed by atoms with Crippen molar-refractivity contribution in [3.8, 4) is 101 Å². The van der Waals surface area contributed by atoms with Crippen LogP contribution in [-0.2, 0) is 0 Å². The van der Waals surface area contributed by atoms with Crippen molar-refractivity contribution in [2.24, 2.45) is 0 Å². The molecule has 0 aliphatic rings. The first kappa shape index (κ1) is 48.7. The van der Waals surface area contributed by atoms with E-state index in [0.29, 0.717) is 17.5 Å². The van der Waals surface area contributed by atoms with Crippen molar-refractivity contribution in [2.75, 3.05) is 0 Å². The number of nitrogens with zero attached hydrogens (tertiary/aromatic N) is 3. The molecule has 0 saturated heterocycles. The third kappa shape index (κ3) is 8.24. The largest absolute Gasteiger partial charge is 0.208 e. The fraction of sp³-hybridized carbons (Fsp3) is 0. The molecule has 3 nitrogen and oxygen atoms in total. The zero-order chi connectivity index (χ0) is 55.5. The molecule has 1 aromatic heterocycles. The molecule has 3 heteroatoms. The first-order chi connectivity index (χ1) is 41.7. The minimum absolute atomic E-state index is 0.603. The van der Waals surface area contributed by atoms with Crippen LogP contribution >= 0.6 is 0 Å². The van der Waals surface area contributed by atoms with Crippen molar-refractivity contribution in [2.45, 2.75) is 0 Å². The topological polar surface area (TPSA) is 38.7 Å². The molecule has 15 aromatic carbocycles. The normalized spacial score (nSPS) is 11.6. The number of fused-ring (bicyclic) bond motifs is 6. The molecule has 0 aliphatic carbocycles. The molecule has 0 aliphatic heterocycles. The lowest BCUT2D eigenvalue weighted by Crippen LogP contribution is -2.00. The summed E-state index contributed by atoms with van der Waals surface area (Å²) in [5.41, 5.74) is 17.1. The first-order valence-corrected chi connectivity index (χ1v) is 28.8. The van der Waals surface area contributed by atoms with Crippen molar-refractivity contribution in [1.29, 1.82) is 0 Å². The van der Waals surface area contributed by atoms with Gasteiger partial charge in [-0.25, -0.2) is 15.0 Å². The summed E-state index contributed by atoms with van der Waals surface area (Å²) >= 11 is 0. The van der Waals surface area contributed by atoms with Crippen LogP contribution in [0.3, 0.4) is 0 Å². The van der Waals surface area contributed by atoms with E-state index in [1.54, 1.807) is 0 Å². The maximum atomic E-state index is 5.34. The van der Waals surface area contributed by atoms with E-state index in [-0.39, 0.29) is 0 Å². The first-order valence-electron chi connectivity index (χ1n) is 28.8.